The zero-order valence-corrected chi connectivity index (χ0v) is 11.3. The molecule has 0 bridgehead atoms. The van der Waals surface area contributed by atoms with Crippen molar-refractivity contribution in [2.45, 2.75) is 24.8 Å². The predicted octanol–water partition coefficient (Wildman–Crippen LogP) is 1.39. The SMILES string of the molecule is O=C(c1cncc(F)c1)N1CC(n2cc(C3CC3)nn2)C1. The number of hydrogen-bond donors (Lipinski definition) is 0. The smallest absolute Gasteiger partial charge is 0.255 e. The van der Waals surface area contributed by atoms with Gasteiger partial charge in [0.2, 0.25) is 0 Å². The Hall–Kier alpha value is -2.31. The molecule has 2 fully saturated rings. The molecule has 0 unspecified atom stereocenters. The van der Waals surface area contributed by atoms with Gasteiger partial charge in [0.05, 0.1) is 23.5 Å². The summed E-state index contributed by atoms with van der Waals surface area (Å²) in [7, 11) is 0. The third-order valence-electron chi connectivity index (χ3n) is 4.00. The zero-order valence-electron chi connectivity index (χ0n) is 11.3. The Kier molecular flexibility index (Phi) is 2.73. The number of rotatable bonds is 3. The minimum absolute atomic E-state index is 0.162. The van der Waals surface area contributed by atoms with Crippen molar-refractivity contribution in [3.05, 3.63) is 41.7 Å². The lowest BCUT2D eigenvalue weighted by Crippen LogP contribution is -2.50. The molecule has 1 saturated heterocycles. The van der Waals surface area contributed by atoms with Crippen LogP contribution in [0.25, 0.3) is 0 Å². The number of carbonyl (C=O) groups excluding carboxylic acids is 1. The number of carbonyl (C=O) groups is 1. The molecule has 1 amide bonds. The second-order valence-corrected chi connectivity index (χ2v) is 5.65. The van der Waals surface area contributed by atoms with Crippen molar-refractivity contribution in [2.75, 3.05) is 13.1 Å². The van der Waals surface area contributed by atoms with Crippen molar-refractivity contribution in [1.82, 2.24) is 24.9 Å². The summed E-state index contributed by atoms with van der Waals surface area (Å²) < 4.78 is 14.9. The maximum Gasteiger partial charge on any atom is 0.255 e. The summed E-state index contributed by atoms with van der Waals surface area (Å²) in [6.45, 7) is 1.14. The molecule has 1 aliphatic heterocycles. The lowest BCUT2D eigenvalue weighted by atomic mass is 10.1. The van der Waals surface area contributed by atoms with E-state index in [4.69, 9.17) is 0 Å². The molecule has 3 heterocycles. The topological polar surface area (TPSA) is 63.9 Å². The average Bonchev–Trinajstić information content (AvgIpc) is 3.17. The molecule has 2 aliphatic rings. The Labute approximate surface area is 120 Å². The van der Waals surface area contributed by atoms with Gasteiger partial charge in [-0.05, 0) is 18.9 Å². The molecule has 4 rings (SSSR count). The van der Waals surface area contributed by atoms with Crippen molar-refractivity contribution < 1.29 is 9.18 Å². The average molecular weight is 287 g/mol. The standard InChI is InChI=1S/C14H14FN5O/c15-11-3-10(4-16-5-11)14(21)19-6-12(7-19)20-8-13(17-18-20)9-1-2-9/h3-5,8-9,12H,1-2,6-7H2. The molecule has 0 atom stereocenters. The minimum atomic E-state index is -0.497. The van der Waals surface area contributed by atoms with Gasteiger partial charge in [0.25, 0.3) is 5.91 Å². The van der Waals surface area contributed by atoms with Crippen LogP contribution in [0.1, 0.15) is 40.9 Å². The maximum absolute atomic E-state index is 13.1. The molecule has 0 N–H and O–H groups in total. The van der Waals surface area contributed by atoms with Crippen LogP contribution in [0.5, 0.6) is 0 Å². The number of amides is 1. The van der Waals surface area contributed by atoms with Crippen LogP contribution in [-0.4, -0.2) is 43.9 Å². The fourth-order valence-corrected chi connectivity index (χ4v) is 2.53. The largest absolute Gasteiger partial charge is 0.334 e. The van der Waals surface area contributed by atoms with Crippen LogP contribution in [0.2, 0.25) is 0 Å². The number of nitrogens with zero attached hydrogens (tertiary/aromatic N) is 5. The molecule has 2 aromatic heterocycles. The molecular weight excluding hydrogens is 273 g/mol. The van der Waals surface area contributed by atoms with Gasteiger partial charge in [0.15, 0.2) is 0 Å². The zero-order chi connectivity index (χ0) is 14.4. The Morgan fingerprint density at radius 1 is 1.29 bits per heavy atom. The van der Waals surface area contributed by atoms with E-state index in [1.807, 2.05) is 10.9 Å². The van der Waals surface area contributed by atoms with E-state index in [0.29, 0.717) is 19.0 Å². The summed E-state index contributed by atoms with van der Waals surface area (Å²) in [6.07, 6.45) is 6.85. The van der Waals surface area contributed by atoms with E-state index in [-0.39, 0.29) is 17.5 Å². The third-order valence-corrected chi connectivity index (χ3v) is 4.00. The predicted molar refractivity (Wildman–Crippen MR) is 71.1 cm³/mol. The quantitative estimate of drug-likeness (QED) is 0.855. The van der Waals surface area contributed by atoms with Gasteiger partial charge in [0, 0.05) is 31.4 Å². The summed E-state index contributed by atoms with van der Waals surface area (Å²) in [5.41, 5.74) is 1.33. The summed E-state index contributed by atoms with van der Waals surface area (Å²) in [4.78, 5) is 17.5. The number of pyridine rings is 1. The highest BCUT2D eigenvalue weighted by molar-refractivity contribution is 5.94. The van der Waals surface area contributed by atoms with Crippen LogP contribution in [0.3, 0.4) is 0 Å². The van der Waals surface area contributed by atoms with E-state index in [0.717, 1.165) is 11.9 Å². The summed E-state index contributed by atoms with van der Waals surface area (Å²) in [5, 5.41) is 8.31. The highest BCUT2D eigenvalue weighted by Crippen LogP contribution is 2.39. The molecule has 1 saturated carbocycles. The molecule has 6 nitrogen and oxygen atoms in total. The Balaban J connectivity index is 1.40. The molecule has 1 aliphatic carbocycles. The lowest BCUT2D eigenvalue weighted by molar-refractivity contribution is 0.0497. The van der Waals surface area contributed by atoms with Crippen molar-refractivity contribution in [3.63, 3.8) is 0 Å². The minimum Gasteiger partial charge on any atom is -0.334 e. The van der Waals surface area contributed by atoms with Gasteiger partial charge in [0.1, 0.15) is 5.82 Å². The van der Waals surface area contributed by atoms with Crippen LogP contribution >= 0.6 is 0 Å². The van der Waals surface area contributed by atoms with Gasteiger partial charge < -0.3 is 4.90 Å². The summed E-state index contributed by atoms with van der Waals surface area (Å²) in [5.74, 6) is -0.112. The van der Waals surface area contributed by atoms with Crippen LogP contribution in [0, 0.1) is 5.82 Å². The molecule has 0 aromatic carbocycles. The van der Waals surface area contributed by atoms with E-state index >= 15 is 0 Å². The monoisotopic (exact) mass is 287 g/mol. The number of hydrogen-bond acceptors (Lipinski definition) is 4. The van der Waals surface area contributed by atoms with Gasteiger partial charge in [-0.3, -0.25) is 9.78 Å². The fourth-order valence-electron chi connectivity index (χ4n) is 2.53. The van der Waals surface area contributed by atoms with Crippen LogP contribution in [0.4, 0.5) is 4.39 Å². The Morgan fingerprint density at radius 2 is 2.10 bits per heavy atom. The van der Waals surface area contributed by atoms with Gasteiger partial charge in [-0.2, -0.15) is 0 Å². The van der Waals surface area contributed by atoms with Crippen LogP contribution in [0.15, 0.2) is 24.7 Å². The molecular formula is C14H14FN5O. The molecule has 7 heteroatoms. The number of aromatic nitrogens is 4. The van der Waals surface area contributed by atoms with E-state index in [1.54, 1.807) is 4.90 Å². The first-order valence-electron chi connectivity index (χ1n) is 7.02. The summed E-state index contributed by atoms with van der Waals surface area (Å²) in [6, 6.07) is 1.37. The van der Waals surface area contributed by atoms with Crippen LogP contribution < -0.4 is 0 Å². The fraction of sp³-hybridized carbons (Fsp3) is 0.429. The van der Waals surface area contributed by atoms with Gasteiger partial charge in [-0.1, -0.05) is 5.21 Å². The third kappa shape index (κ3) is 2.28. The second kappa shape index (κ2) is 4.61. The van der Waals surface area contributed by atoms with Crippen molar-refractivity contribution in [3.8, 4) is 0 Å². The molecule has 2 aromatic rings. The lowest BCUT2D eigenvalue weighted by Gasteiger charge is -2.38. The molecule has 0 radical (unpaired) electrons. The molecule has 21 heavy (non-hydrogen) atoms. The van der Waals surface area contributed by atoms with Crippen molar-refractivity contribution in [2.24, 2.45) is 0 Å². The maximum atomic E-state index is 13.1. The van der Waals surface area contributed by atoms with Crippen molar-refractivity contribution >= 4 is 5.91 Å². The van der Waals surface area contributed by atoms with Gasteiger partial charge >= 0.3 is 0 Å². The first kappa shape index (κ1) is 12.4. The Morgan fingerprint density at radius 3 is 2.81 bits per heavy atom. The van der Waals surface area contributed by atoms with E-state index in [9.17, 15) is 9.18 Å². The van der Waals surface area contributed by atoms with Gasteiger partial charge in [-0.15, -0.1) is 5.10 Å². The van der Waals surface area contributed by atoms with E-state index < -0.39 is 5.82 Å². The highest BCUT2D eigenvalue weighted by atomic mass is 19.1. The number of likely N-dealkylation sites (tertiary alicyclic amines) is 1. The first-order valence-corrected chi connectivity index (χ1v) is 7.02. The highest BCUT2D eigenvalue weighted by Gasteiger charge is 2.34. The molecule has 108 valence electrons. The normalized spacial score (nSPS) is 18.6. The van der Waals surface area contributed by atoms with Crippen molar-refractivity contribution in [1.29, 1.82) is 0 Å². The second-order valence-electron chi connectivity index (χ2n) is 5.65. The Bertz CT molecular complexity index is 690. The molecule has 0 spiro atoms. The van der Waals surface area contributed by atoms with Crippen LogP contribution in [-0.2, 0) is 0 Å². The number of halogens is 1. The first-order chi connectivity index (χ1) is 10.2. The van der Waals surface area contributed by atoms with E-state index in [1.165, 1.54) is 25.1 Å². The van der Waals surface area contributed by atoms with Gasteiger partial charge in [-0.25, -0.2) is 9.07 Å². The summed E-state index contributed by atoms with van der Waals surface area (Å²) >= 11 is 0. The van der Waals surface area contributed by atoms with E-state index in [2.05, 4.69) is 15.3 Å².